The molecule has 0 radical (unpaired) electrons. The van der Waals surface area contributed by atoms with E-state index in [4.69, 9.17) is 5.73 Å². The zero-order valence-electron chi connectivity index (χ0n) is 10.6. The van der Waals surface area contributed by atoms with Crippen LogP contribution in [0.3, 0.4) is 0 Å². The molecule has 2 aromatic heterocycles. The normalized spacial score (nSPS) is 14.4. The Kier molecular flexibility index (Phi) is 2.70. The molecule has 0 atom stereocenters. The summed E-state index contributed by atoms with van der Waals surface area (Å²) >= 11 is 0. The number of carbonyl (C=O) groups is 1. The Balaban J connectivity index is 1.78. The van der Waals surface area contributed by atoms with Gasteiger partial charge in [0.15, 0.2) is 5.69 Å². The monoisotopic (exact) mass is 257 g/mol. The lowest BCUT2D eigenvalue weighted by Gasteiger charge is -2.03. The van der Waals surface area contributed by atoms with Gasteiger partial charge in [-0.1, -0.05) is 0 Å². The Morgan fingerprint density at radius 3 is 2.89 bits per heavy atom. The molecule has 0 spiro atoms. The van der Waals surface area contributed by atoms with Gasteiger partial charge in [0.05, 0.1) is 23.3 Å². The number of anilines is 2. The number of rotatable bonds is 3. The quantitative estimate of drug-likeness (QED) is 0.781. The van der Waals surface area contributed by atoms with Crippen LogP contribution in [0.1, 0.15) is 40.6 Å². The molecule has 0 saturated heterocycles. The highest BCUT2D eigenvalue weighted by atomic mass is 16.2. The second-order valence-electron chi connectivity index (χ2n) is 4.82. The zero-order valence-corrected chi connectivity index (χ0v) is 10.6. The largest absolute Gasteiger partial charge is 0.395 e. The highest BCUT2D eigenvalue weighted by Gasteiger charge is 2.30. The number of aromatic amines is 1. The van der Waals surface area contributed by atoms with Crippen LogP contribution in [-0.4, -0.2) is 21.1 Å². The molecule has 1 aliphatic rings. The molecule has 2 aromatic rings. The lowest BCUT2D eigenvalue weighted by molar-refractivity contribution is 0.102. The van der Waals surface area contributed by atoms with Crippen LogP contribution in [-0.2, 0) is 0 Å². The minimum Gasteiger partial charge on any atom is -0.395 e. The predicted octanol–water partition coefficient (Wildman–Crippen LogP) is 1.83. The molecule has 1 aliphatic carbocycles. The summed E-state index contributed by atoms with van der Waals surface area (Å²) in [6, 6.07) is 3.63. The van der Waals surface area contributed by atoms with Gasteiger partial charge in [0.2, 0.25) is 0 Å². The van der Waals surface area contributed by atoms with Gasteiger partial charge in [-0.05, 0) is 31.9 Å². The Hall–Kier alpha value is -2.37. The lowest BCUT2D eigenvalue weighted by Crippen LogP contribution is -2.14. The molecule has 0 unspecified atom stereocenters. The SMILES string of the molecule is Cc1ccc(NC(=O)c2n[nH]c(C3CC3)c2N)cn1. The number of nitrogens with two attached hydrogens (primary N) is 1. The van der Waals surface area contributed by atoms with Crippen molar-refractivity contribution in [2.24, 2.45) is 0 Å². The standard InChI is InChI=1S/C13H15N5O/c1-7-2-5-9(6-15-7)16-13(19)12-10(14)11(17-18-12)8-3-4-8/h2,5-6,8H,3-4,14H2,1H3,(H,16,19)(H,17,18). The van der Waals surface area contributed by atoms with Crippen molar-refractivity contribution in [3.63, 3.8) is 0 Å². The number of hydrogen-bond acceptors (Lipinski definition) is 4. The predicted molar refractivity (Wildman–Crippen MR) is 71.9 cm³/mol. The molecule has 1 amide bonds. The summed E-state index contributed by atoms with van der Waals surface area (Å²) in [5.41, 5.74) is 9.07. The van der Waals surface area contributed by atoms with E-state index >= 15 is 0 Å². The highest BCUT2D eigenvalue weighted by molar-refractivity contribution is 6.06. The summed E-state index contributed by atoms with van der Waals surface area (Å²) < 4.78 is 0. The van der Waals surface area contributed by atoms with Crippen LogP contribution in [0.25, 0.3) is 0 Å². The smallest absolute Gasteiger partial charge is 0.278 e. The minimum absolute atomic E-state index is 0.252. The first kappa shape index (κ1) is 11.7. The third kappa shape index (κ3) is 2.29. The number of nitrogens with zero attached hydrogens (tertiary/aromatic N) is 2. The topological polar surface area (TPSA) is 96.7 Å². The molecule has 0 aliphatic heterocycles. The Labute approximate surface area is 110 Å². The molecule has 4 N–H and O–H groups in total. The third-order valence-electron chi connectivity index (χ3n) is 3.20. The van der Waals surface area contributed by atoms with Gasteiger partial charge in [-0.25, -0.2) is 0 Å². The van der Waals surface area contributed by atoms with Gasteiger partial charge in [0.1, 0.15) is 0 Å². The van der Waals surface area contributed by atoms with Crippen LogP contribution in [0, 0.1) is 6.92 Å². The van der Waals surface area contributed by atoms with Crippen molar-refractivity contribution in [2.45, 2.75) is 25.7 Å². The summed E-state index contributed by atoms with van der Waals surface area (Å²) in [7, 11) is 0. The van der Waals surface area contributed by atoms with E-state index in [1.165, 1.54) is 0 Å². The summed E-state index contributed by atoms with van der Waals surface area (Å²) in [4.78, 5) is 16.2. The van der Waals surface area contributed by atoms with E-state index < -0.39 is 0 Å². The number of hydrogen-bond donors (Lipinski definition) is 3. The van der Waals surface area contributed by atoms with Crippen molar-refractivity contribution in [2.75, 3.05) is 11.1 Å². The molecule has 2 heterocycles. The molecule has 3 rings (SSSR count). The van der Waals surface area contributed by atoms with Gasteiger partial charge in [-0.15, -0.1) is 0 Å². The van der Waals surface area contributed by atoms with E-state index in [1.807, 2.05) is 13.0 Å². The van der Waals surface area contributed by atoms with Crippen molar-refractivity contribution >= 4 is 17.3 Å². The van der Waals surface area contributed by atoms with Gasteiger partial charge in [-0.3, -0.25) is 14.9 Å². The maximum atomic E-state index is 12.1. The Morgan fingerprint density at radius 2 is 2.26 bits per heavy atom. The lowest BCUT2D eigenvalue weighted by atomic mass is 10.2. The van der Waals surface area contributed by atoms with Crippen molar-refractivity contribution in [1.29, 1.82) is 0 Å². The minimum atomic E-state index is -0.314. The van der Waals surface area contributed by atoms with Crippen LogP contribution in [0.5, 0.6) is 0 Å². The van der Waals surface area contributed by atoms with Crippen LogP contribution in [0.15, 0.2) is 18.3 Å². The number of aromatic nitrogens is 3. The van der Waals surface area contributed by atoms with Gasteiger partial charge in [0.25, 0.3) is 5.91 Å². The number of carbonyl (C=O) groups excluding carboxylic acids is 1. The molecule has 0 aromatic carbocycles. The average molecular weight is 257 g/mol. The van der Waals surface area contributed by atoms with Gasteiger partial charge < -0.3 is 11.1 Å². The van der Waals surface area contributed by atoms with Crippen molar-refractivity contribution < 1.29 is 4.79 Å². The number of nitrogen functional groups attached to an aromatic ring is 1. The summed E-state index contributed by atoms with van der Waals surface area (Å²) in [5.74, 6) is 0.126. The fourth-order valence-electron chi connectivity index (χ4n) is 1.95. The summed E-state index contributed by atoms with van der Waals surface area (Å²) in [6.07, 6.45) is 3.82. The first-order valence-corrected chi connectivity index (χ1v) is 6.23. The molecule has 98 valence electrons. The number of H-pyrrole nitrogens is 1. The van der Waals surface area contributed by atoms with Gasteiger partial charge in [-0.2, -0.15) is 5.10 Å². The van der Waals surface area contributed by atoms with E-state index in [2.05, 4.69) is 20.5 Å². The molecule has 6 heteroatoms. The van der Waals surface area contributed by atoms with Crippen molar-refractivity contribution in [3.8, 4) is 0 Å². The summed E-state index contributed by atoms with van der Waals surface area (Å²) in [6.45, 7) is 1.89. The Bertz CT molecular complexity index is 612. The second kappa shape index (κ2) is 4.38. The van der Waals surface area contributed by atoms with Crippen LogP contribution < -0.4 is 11.1 Å². The molecular weight excluding hydrogens is 242 g/mol. The number of nitrogens with one attached hydrogen (secondary N) is 2. The number of aryl methyl sites for hydroxylation is 1. The first-order valence-electron chi connectivity index (χ1n) is 6.23. The second-order valence-corrected chi connectivity index (χ2v) is 4.82. The Morgan fingerprint density at radius 1 is 1.47 bits per heavy atom. The van der Waals surface area contributed by atoms with E-state index in [0.29, 0.717) is 17.3 Å². The molecule has 1 saturated carbocycles. The molecule has 6 nitrogen and oxygen atoms in total. The number of pyridine rings is 1. The van der Waals surface area contributed by atoms with Crippen molar-refractivity contribution in [1.82, 2.24) is 15.2 Å². The fraction of sp³-hybridized carbons (Fsp3) is 0.308. The maximum absolute atomic E-state index is 12.1. The van der Waals surface area contributed by atoms with Crippen LogP contribution in [0.4, 0.5) is 11.4 Å². The van der Waals surface area contributed by atoms with Crippen molar-refractivity contribution in [3.05, 3.63) is 35.4 Å². The van der Waals surface area contributed by atoms with Gasteiger partial charge >= 0.3 is 0 Å². The van der Waals surface area contributed by atoms with Gasteiger partial charge in [0, 0.05) is 11.6 Å². The molecular formula is C13H15N5O. The maximum Gasteiger partial charge on any atom is 0.278 e. The first-order chi connectivity index (χ1) is 9.15. The van der Waals surface area contributed by atoms with Crippen LogP contribution in [0.2, 0.25) is 0 Å². The van der Waals surface area contributed by atoms with E-state index in [0.717, 1.165) is 24.2 Å². The number of amides is 1. The molecule has 1 fully saturated rings. The zero-order chi connectivity index (χ0) is 13.4. The van der Waals surface area contributed by atoms with E-state index in [-0.39, 0.29) is 11.6 Å². The summed E-state index contributed by atoms with van der Waals surface area (Å²) in [5, 5.41) is 9.60. The fourth-order valence-corrected chi connectivity index (χ4v) is 1.95. The van der Waals surface area contributed by atoms with E-state index in [1.54, 1.807) is 12.3 Å². The van der Waals surface area contributed by atoms with E-state index in [9.17, 15) is 4.79 Å². The highest BCUT2D eigenvalue weighted by Crippen LogP contribution is 2.42. The average Bonchev–Trinajstić information content (AvgIpc) is 3.15. The third-order valence-corrected chi connectivity index (χ3v) is 3.20. The molecule has 0 bridgehead atoms. The van der Waals surface area contributed by atoms with Crippen LogP contribution >= 0.6 is 0 Å². The molecule has 19 heavy (non-hydrogen) atoms.